The molecule has 0 radical (unpaired) electrons. The van der Waals surface area contributed by atoms with Gasteiger partial charge in [-0.25, -0.2) is 4.79 Å². The summed E-state index contributed by atoms with van der Waals surface area (Å²) >= 11 is 0. The summed E-state index contributed by atoms with van der Waals surface area (Å²) in [6.45, 7) is 8.97. The zero-order valence-corrected chi connectivity index (χ0v) is 15.0. The third-order valence-corrected chi connectivity index (χ3v) is 4.62. The summed E-state index contributed by atoms with van der Waals surface area (Å²) in [6, 6.07) is 7.63. The van der Waals surface area contributed by atoms with Crippen molar-refractivity contribution in [3.05, 3.63) is 24.3 Å². The van der Waals surface area contributed by atoms with Crippen LogP contribution in [-0.2, 0) is 9.31 Å². The quantitative estimate of drug-likeness (QED) is 0.638. The van der Waals surface area contributed by atoms with Crippen molar-refractivity contribution in [1.29, 1.82) is 0 Å². The number of carboxylic acid groups (broad SMARTS) is 1. The van der Waals surface area contributed by atoms with Crippen LogP contribution in [0.25, 0.3) is 0 Å². The van der Waals surface area contributed by atoms with E-state index in [4.69, 9.17) is 19.2 Å². The molecule has 0 saturated carbocycles. The number of nitrogens with zero attached hydrogens (tertiary/aromatic N) is 1. The van der Waals surface area contributed by atoms with Gasteiger partial charge in [0.25, 0.3) is 0 Å². The lowest BCUT2D eigenvalue weighted by Gasteiger charge is -2.32. The van der Waals surface area contributed by atoms with Gasteiger partial charge in [-0.1, -0.05) is 12.1 Å². The lowest BCUT2D eigenvalue weighted by molar-refractivity contribution is 0.00578. The Morgan fingerprint density at radius 3 is 2.46 bits per heavy atom. The van der Waals surface area contributed by atoms with E-state index in [0.717, 1.165) is 11.2 Å². The van der Waals surface area contributed by atoms with Gasteiger partial charge in [0, 0.05) is 13.6 Å². The van der Waals surface area contributed by atoms with Crippen LogP contribution in [0, 0.1) is 0 Å². The molecule has 1 N–H and O–H groups in total. The van der Waals surface area contributed by atoms with Crippen molar-refractivity contribution in [3.8, 4) is 5.75 Å². The average molecular weight is 335 g/mol. The third kappa shape index (κ3) is 4.21. The second-order valence-corrected chi connectivity index (χ2v) is 7.07. The number of benzene rings is 1. The highest BCUT2D eigenvalue weighted by Crippen LogP contribution is 2.36. The zero-order valence-electron chi connectivity index (χ0n) is 15.0. The van der Waals surface area contributed by atoms with Crippen LogP contribution in [0.4, 0.5) is 4.79 Å². The number of carbonyl (C=O) groups is 1. The fourth-order valence-electron chi connectivity index (χ4n) is 2.32. The molecule has 0 spiro atoms. The van der Waals surface area contributed by atoms with E-state index in [1.807, 2.05) is 52.0 Å². The van der Waals surface area contributed by atoms with Gasteiger partial charge in [-0.2, -0.15) is 0 Å². The summed E-state index contributed by atoms with van der Waals surface area (Å²) < 4.78 is 17.8. The fourth-order valence-corrected chi connectivity index (χ4v) is 2.32. The van der Waals surface area contributed by atoms with Crippen LogP contribution in [0.1, 0.15) is 34.1 Å². The molecule has 1 fully saturated rings. The molecule has 1 amide bonds. The lowest BCUT2D eigenvalue weighted by atomic mass is 9.79. The van der Waals surface area contributed by atoms with Crippen molar-refractivity contribution < 1.29 is 23.9 Å². The number of ether oxygens (including phenoxy) is 1. The van der Waals surface area contributed by atoms with Crippen LogP contribution in [0.3, 0.4) is 0 Å². The molecule has 1 aromatic carbocycles. The van der Waals surface area contributed by atoms with Gasteiger partial charge in [0.1, 0.15) is 5.75 Å². The first-order chi connectivity index (χ1) is 11.1. The van der Waals surface area contributed by atoms with Gasteiger partial charge in [-0.15, -0.1) is 0 Å². The number of rotatable bonds is 6. The molecule has 1 aromatic rings. The molecule has 0 bridgehead atoms. The first-order valence-electron chi connectivity index (χ1n) is 8.15. The normalized spacial score (nSPS) is 18.5. The van der Waals surface area contributed by atoms with E-state index in [-0.39, 0.29) is 11.2 Å². The minimum absolute atomic E-state index is 0.379. The van der Waals surface area contributed by atoms with Crippen LogP contribution >= 0.6 is 0 Å². The predicted octanol–water partition coefficient (Wildman–Crippen LogP) is 2.36. The minimum Gasteiger partial charge on any atom is -0.494 e. The van der Waals surface area contributed by atoms with Crippen LogP contribution in [0.2, 0.25) is 0 Å². The molecule has 24 heavy (non-hydrogen) atoms. The Balaban J connectivity index is 1.92. The van der Waals surface area contributed by atoms with Gasteiger partial charge in [-0.05, 0) is 51.7 Å². The third-order valence-electron chi connectivity index (χ3n) is 4.62. The largest absolute Gasteiger partial charge is 0.494 e. The molecule has 2 rings (SSSR count). The molecular weight excluding hydrogens is 309 g/mol. The number of hydrogen-bond acceptors (Lipinski definition) is 4. The molecule has 1 aliphatic heterocycles. The Morgan fingerprint density at radius 2 is 1.88 bits per heavy atom. The Kier molecular flexibility index (Phi) is 5.45. The molecule has 132 valence electrons. The van der Waals surface area contributed by atoms with Gasteiger partial charge in [0.2, 0.25) is 0 Å². The van der Waals surface area contributed by atoms with Crippen LogP contribution in [0.15, 0.2) is 24.3 Å². The standard InChI is InChI=1S/C17H26BNO5/c1-16(2)17(3,4)24-18(23-16)13-8-6-9-14(12-13)22-11-7-10-19(5)15(20)21/h6,8-9,12H,7,10-11H2,1-5H3,(H,20,21). The molecule has 0 aromatic heterocycles. The van der Waals surface area contributed by atoms with Gasteiger partial charge < -0.3 is 24.1 Å². The Morgan fingerprint density at radius 1 is 1.25 bits per heavy atom. The molecule has 7 heteroatoms. The topological polar surface area (TPSA) is 68.2 Å². The summed E-state index contributed by atoms with van der Waals surface area (Å²) in [5.74, 6) is 0.722. The molecule has 6 nitrogen and oxygen atoms in total. The molecular formula is C17H26BNO5. The first-order valence-corrected chi connectivity index (χ1v) is 8.15. The zero-order chi connectivity index (χ0) is 18.0. The van der Waals surface area contributed by atoms with E-state index in [1.54, 1.807) is 7.05 Å². The van der Waals surface area contributed by atoms with E-state index < -0.39 is 13.2 Å². The van der Waals surface area contributed by atoms with E-state index in [9.17, 15) is 4.79 Å². The summed E-state index contributed by atoms with van der Waals surface area (Å²) in [6.07, 6.45) is -0.304. The van der Waals surface area contributed by atoms with Crippen LogP contribution in [-0.4, -0.2) is 54.6 Å². The lowest BCUT2D eigenvalue weighted by Crippen LogP contribution is -2.41. The second-order valence-electron chi connectivity index (χ2n) is 7.07. The first kappa shape index (κ1) is 18.6. The maximum Gasteiger partial charge on any atom is 0.494 e. The van der Waals surface area contributed by atoms with Gasteiger partial charge in [-0.3, -0.25) is 0 Å². The summed E-state index contributed by atoms with van der Waals surface area (Å²) in [5.41, 5.74) is 0.153. The Labute approximate surface area is 143 Å². The van der Waals surface area contributed by atoms with Crippen molar-refractivity contribution in [3.63, 3.8) is 0 Å². The maximum absolute atomic E-state index is 10.7. The van der Waals surface area contributed by atoms with Gasteiger partial charge in [0.05, 0.1) is 17.8 Å². The highest BCUT2D eigenvalue weighted by Gasteiger charge is 2.51. The van der Waals surface area contributed by atoms with E-state index in [1.165, 1.54) is 4.90 Å². The summed E-state index contributed by atoms with van der Waals surface area (Å²) in [7, 11) is 1.12. The summed E-state index contributed by atoms with van der Waals surface area (Å²) in [5, 5.41) is 8.80. The SMILES string of the molecule is CN(CCCOc1cccc(B2OC(C)(C)C(C)(C)O2)c1)C(=O)O. The molecule has 0 unspecified atom stereocenters. The van der Waals surface area contributed by atoms with Crippen molar-refractivity contribution >= 4 is 18.7 Å². The van der Waals surface area contributed by atoms with Crippen LogP contribution in [0.5, 0.6) is 5.75 Å². The fraction of sp³-hybridized carbons (Fsp3) is 0.588. The molecule has 0 atom stereocenters. The molecule has 1 saturated heterocycles. The van der Waals surface area contributed by atoms with Crippen molar-refractivity contribution in [1.82, 2.24) is 4.90 Å². The molecule has 1 aliphatic rings. The van der Waals surface area contributed by atoms with Crippen molar-refractivity contribution in [2.24, 2.45) is 0 Å². The number of amides is 1. The Hall–Kier alpha value is -1.73. The van der Waals surface area contributed by atoms with E-state index in [0.29, 0.717) is 19.6 Å². The smallest absolute Gasteiger partial charge is 0.494 e. The molecule has 0 aliphatic carbocycles. The second kappa shape index (κ2) is 7.03. The summed E-state index contributed by atoms with van der Waals surface area (Å²) in [4.78, 5) is 12.0. The highest BCUT2D eigenvalue weighted by molar-refractivity contribution is 6.62. The Bertz CT molecular complexity index is 574. The van der Waals surface area contributed by atoms with Crippen molar-refractivity contribution in [2.75, 3.05) is 20.2 Å². The minimum atomic E-state index is -0.933. The van der Waals surface area contributed by atoms with E-state index >= 15 is 0 Å². The monoisotopic (exact) mass is 335 g/mol. The average Bonchev–Trinajstić information content (AvgIpc) is 2.72. The predicted molar refractivity (Wildman–Crippen MR) is 92.9 cm³/mol. The van der Waals surface area contributed by atoms with Crippen molar-refractivity contribution in [2.45, 2.75) is 45.3 Å². The molecule has 1 heterocycles. The van der Waals surface area contributed by atoms with Gasteiger partial charge in [0.15, 0.2) is 0 Å². The van der Waals surface area contributed by atoms with Crippen LogP contribution < -0.4 is 10.2 Å². The number of hydrogen-bond donors (Lipinski definition) is 1. The van der Waals surface area contributed by atoms with Gasteiger partial charge >= 0.3 is 13.2 Å². The van der Waals surface area contributed by atoms with E-state index in [2.05, 4.69) is 0 Å². The highest BCUT2D eigenvalue weighted by atomic mass is 16.7. The maximum atomic E-state index is 10.7.